The third-order valence-electron chi connectivity index (χ3n) is 8.31. The fourth-order valence-corrected chi connectivity index (χ4v) is 6.50. The average molecular weight is 365 g/mol. The second-order valence-electron chi connectivity index (χ2n) is 9.90. The second kappa shape index (κ2) is 8.97. The van der Waals surface area contributed by atoms with Gasteiger partial charge in [0, 0.05) is 0 Å². The van der Waals surface area contributed by atoms with Crippen LogP contribution in [0.25, 0.3) is 0 Å². The van der Waals surface area contributed by atoms with Crippen LogP contribution in [-0.2, 0) is 12.8 Å². The lowest BCUT2D eigenvalue weighted by atomic mass is 9.63. The molecule has 0 spiro atoms. The summed E-state index contributed by atoms with van der Waals surface area (Å²) in [6.45, 7) is 4.51. The van der Waals surface area contributed by atoms with Gasteiger partial charge in [-0.25, -0.2) is 0 Å². The van der Waals surface area contributed by atoms with Crippen LogP contribution in [-0.4, -0.2) is 0 Å². The lowest BCUT2D eigenvalue weighted by molar-refractivity contribution is 0.115. The van der Waals surface area contributed by atoms with Gasteiger partial charge in [-0.05, 0) is 117 Å². The first kappa shape index (κ1) is 19.3. The molecule has 2 saturated carbocycles. The summed E-state index contributed by atoms with van der Waals surface area (Å²) in [6, 6.07) is 7.62. The van der Waals surface area contributed by atoms with E-state index in [4.69, 9.17) is 0 Å². The Morgan fingerprint density at radius 1 is 0.926 bits per heavy atom. The van der Waals surface area contributed by atoms with Gasteiger partial charge in [0.15, 0.2) is 0 Å². The van der Waals surface area contributed by atoms with E-state index in [1.54, 1.807) is 16.7 Å². The van der Waals surface area contributed by atoms with Gasteiger partial charge in [0.2, 0.25) is 0 Å². The zero-order valence-electron chi connectivity index (χ0n) is 17.8. The highest BCUT2D eigenvalue weighted by Crippen LogP contribution is 2.48. The Hall–Kier alpha value is -1.04. The maximum atomic E-state index is 2.62. The Morgan fingerprint density at radius 2 is 1.78 bits per heavy atom. The molecule has 3 aliphatic rings. The Balaban J connectivity index is 1.35. The number of benzene rings is 1. The summed E-state index contributed by atoms with van der Waals surface area (Å²) in [6.07, 6.45) is 21.7. The van der Waals surface area contributed by atoms with E-state index in [-0.39, 0.29) is 0 Å². The molecule has 0 heterocycles. The molecule has 3 aliphatic carbocycles. The molecule has 0 heteroatoms. The van der Waals surface area contributed by atoms with Crippen LogP contribution in [0, 0.1) is 23.7 Å². The normalized spacial score (nSPS) is 33.6. The quantitative estimate of drug-likeness (QED) is 0.466. The number of hydrogen-bond donors (Lipinski definition) is 0. The fraction of sp³-hybridized carbons (Fsp3) is 0.704. The van der Waals surface area contributed by atoms with Crippen LogP contribution in [0.2, 0.25) is 0 Å². The van der Waals surface area contributed by atoms with Crippen LogP contribution in [0.4, 0.5) is 0 Å². The van der Waals surface area contributed by atoms with Crippen LogP contribution in [0.1, 0.15) is 101 Å². The zero-order chi connectivity index (χ0) is 18.6. The molecule has 4 rings (SSSR count). The largest absolute Gasteiger partial charge is 0.0917 e. The summed E-state index contributed by atoms with van der Waals surface area (Å²) in [4.78, 5) is 0. The smallest absolute Gasteiger partial charge is 0.0159 e. The van der Waals surface area contributed by atoms with Crippen molar-refractivity contribution in [3.63, 3.8) is 0 Å². The number of hydrogen-bond acceptors (Lipinski definition) is 0. The Labute approximate surface area is 167 Å². The summed E-state index contributed by atoms with van der Waals surface area (Å²) in [5.74, 6) is 4.84. The first-order valence-electron chi connectivity index (χ1n) is 12.0. The van der Waals surface area contributed by atoms with E-state index in [0.29, 0.717) is 0 Å². The first-order chi connectivity index (χ1) is 13.3. The molecule has 0 N–H and O–H groups in total. The maximum absolute atomic E-state index is 2.62. The average Bonchev–Trinajstić information content (AvgIpc) is 2.72. The van der Waals surface area contributed by atoms with Crippen molar-refractivity contribution in [3.8, 4) is 0 Å². The fourth-order valence-electron chi connectivity index (χ4n) is 6.50. The Morgan fingerprint density at radius 3 is 2.63 bits per heavy atom. The minimum atomic E-state index is 0.847. The minimum absolute atomic E-state index is 0.847. The second-order valence-corrected chi connectivity index (χ2v) is 9.90. The van der Waals surface area contributed by atoms with E-state index in [9.17, 15) is 0 Å². The minimum Gasteiger partial charge on any atom is -0.0917 e. The molecule has 0 aromatic heterocycles. The molecule has 1 aromatic carbocycles. The standard InChI is InChI=1S/C27H40/c1-3-5-6-7-21-9-11-25-19-27(15-13-23(25)17-21)26-14-12-22-16-20(4-2)8-10-24(22)18-26/h3,5,12,14,18,20-21,23,25,27H,4,6-11,13,15-17,19H2,1-2H3/b5-3+. The van der Waals surface area contributed by atoms with Crippen molar-refractivity contribution in [1.82, 2.24) is 0 Å². The van der Waals surface area contributed by atoms with Gasteiger partial charge in [-0.2, -0.15) is 0 Å². The van der Waals surface area contributed by atoms with Gasteiger partial charge < -0.3 is 0 Å². The highest BCUT2D eigenvalue weighted by Gasteiger charge is 2.35. The van der Waals surface area contributed by atoms with E-state index in [2.05, 4.69) is 44.2 Å². The first-order valence-corrected chi connectivity index (χ1v) is 12.0. The van der Waals surface area contributed by atoms with Crippen molar-refractivity contribution in [2.45, 2.75) is 96.8 Å². The zero-order valence-corrected chi connectivity index (χ0v) is 17.8. The van der Waals surface area contributed by atoms with Crippen molar-refractivity contribution >= 4 is 0 Å². The van der Waals surface area contributed by atoms with E-state index in [1.807, 2.05) is 0 Å². The molecule has 2 fully saturated rings. The summed E-state index contributed by atoms with van der Waals surface area (Å²) in [5, 5.41) is 0. The van der Waals surface area contributed by atoms with Gasteiger partial charge in [-0.1, -0.05) is 50.1 Å². The molecule has 0 bridgehead atoms. The van der Waals surface area contributed by atoms with Crippen molar-refractivity contribution in [3.05, 3.63) is 47.0 Å². The monoisotopic (exact) mass is 364 g/mol. The lowest BCUT2D eigenvalue weighted by Gasteiger charge is -2.42. The number of allylic oxidation sites excluding steroid dienone is 2. The predicted octanol–water partition coefficient (Wildman–Crippen LogP) is 7.86. The summed E-state index contributed by atoms with van der Waals surface area (Å²) < 4.78 is 0. The molecule has 5 atom stereocenters. The van der Waals surface area contributed by atoms with Crippen molar-refractivity contribution in [2.75, 3.05) is 0 Å². The molecule has 1 aromatic rings. The highest BCUT2D eigenvalue weighted by molar-refractivity contribution is 5.36. The van der Waals surface area contributed by atoms with Crippen LogP contribution in [0.5, 0.6) is 0 Å². The molecule has 0 nitrogen and oxygen atoms in total. The van der Waals surface area contributed by atoms with Gasteiger partial charge in [0.05, 0.1) is 0 Å². The molecular weight excluding hydrogens is 324 g/mol. The van der Waals surface area contributed by atoms with Crippen LogP contribution in [0.15, 0.2) is 30.4 Å². The summed E-state index contributed by atoms with van der Waals surface area (Å²) in [5.41, 5.74) is 5.02. The number of fused-ring (bicyclic) bond motifs is 2. The van der Waals surface area contributed by atoms with E-state index < -0.39 is 0 Å². The molecule has 148 valence electrons. The summed E-state index contributed by atoms with van der Waals surface area (Å²) >= 11 is 0. The van der Waals surface area contributed by atoms with Gasteiger partial charge in [0.25, 0.3) is 0 Å². The van der Waals surface area contributed by atoms with Gasteiger partial charge in [-0.3, -0.25) is 0 Å². The molecule has 0 amide bonds. The van der Waals surface area contributed by atoms with Crippen LogP contribution >= 0.6 is 0 Å². The molecule has 0 radical (unpaired) electrons. The van der Waals surface area contributed by atoms with E-state index in [1.165, 1.54) is 77.0 Å². The molecular formula is C27H40. The molecule has 0 aliphatic heterocycles. The van der Waals surface area contributed by atoms with Crippen LogP contribution < -0.4 is 0 Å². The summed E-state index contributed by atoms with van der Waals surface area (Å²) in [7, 11) is 0. The van der Waals surface area contributed by atoms with Crippen molar-refractivity contribution in [1.29, 1.82) is 0 Å². The lowest BCUT2D eigenvalue weighted by Crippen LogP contribution is -2.30. The molecule has 27 heavy (non-hydrogen) atoms. The topological polar surface area (TPSA) is 0 Å². The van der Waals surface area contributed by atoms with Crippen LogP contribution in [0.3, 0.4) is 0 Å². The van der Waals surface area contributed by atoms with Gasteiger partial charge in [0.1, 0.15) is 0 Å². The molecule has 0 saturated heterocycles. The van der Waals surface area contributed by atoms with Gasteiger partial charge in [-0.15, -0.1) is 0 Å². The third kappa shape index (κ3) is 4.52. The van der Waals surface area contributed by atoms with E-state index in [0.717, 1.165) is 29.6 Å². The predicted molar refractivity (Wildman–Crippen MR) is 117 cm³/mol. The Kier molecular flexibility index (Phi) is 6.41. The number of aryl methyl sites for hydroxylation is 1. The Bertz CT molecular complexity index is 639. The number of rotatable bonds is 5. The van der Waals surface area contributed by atoms with E-state index >= 15 is 0 Å². The SMILES string of the molecule is C/C=C/CCC1CCC2CC(c3ccc4c(c3)CCC(CC)C4)CCC2C1. The third-order valence-corrected chi connectivity index (χ3v) is 8.31. The van der Waals surface area contributed by atoms with Crippen molar-refractivity contribution < 1.29 is 0 Å². The van der Waals surface area contributed by atoms with Crippen molar-refractivity contribution in [2.24, 2.45) is 23.7 Å². The molecule has 5 unspecified atom stereocenters. The highest BCUT2D eigenvalue weighted by atomic mass is 14.4. The van der Waals surface area contributed by atoms with Gasteiger partial charge >= 0.3 is 0 Å². The maximum Gasteiger partial charge on any atom is -0.0159 e.